The average molecular weight is 503 g/mol. The molecule has 0 bridgehead atoms. The lowest BCUT2D eigenvalue weighted by Gasteiger charge is -2.30. The SMILES string of the molecule is CCOP(=O)(OCC)c1ccc2c(c1)[C@H](C(=O)OC(C)(C)C)NCC2=NS(=O)(=O)C(C)(C)C. The van der Waals surface area contributed by atoms with Crippen molar-refractivity contribution >= 4 is 34.6 Å². The van der Waals surface area contributed by atoms with E-state index < -0.39 is 40.0 Å². The number of nitrogens with one attached hydrogen (secondary N) is 1. The van der Waals surface area contributed by atoms with E-state index in [0.717, 1.165) is 0 Å². The van der Waals surface area contributed by atoms with E-state index in [0.29, 0.717) is 11.1 Å². The molecule has 9 nitrogen and oxygen atoms in total. The van der Waals surface area contributed by atoms with Crippen LogP contribution in [-0.2, 0) is 33.2 Å². The number of carbonyl (C=O) groups excluding carboxylic acids is 1. The molecule has 1 N–H and O–H groups in total. The van der Waals surface area contributed by atoms with E-state index in [-0.39, 0.29) is 30.8 Å². The number of benzene rings is 1. The molecular formula is C22H35N2O7PS. The summed E-state index contributed by atoms with van der Waals surface area (Å²) in [6.07, 6.45) is 0. The van der Waals surface area contributed by atoms with Gasteiger partial charge >= 0.3 is 13.6 Å². The molecule has 0 fully saturated rings. The Balaban J connectivity index is 2.69. The Labute approximate surface area is 196 Å². The Kier molecular flexibility index (Phi) is 8.35. The van der Waals surface area contributed by atoms with E-state index in [1.54, 1.807) is 73.6 Å². The van der Waals surface area contributed by atoms with Crippen molar-refractivity contribution in [1.29, 1.82) is 0 Å². The minimum atomic E-state index is -3.83. The first-order chi connectivity index (χ1) is 15.0. The molecule has 1 heterocycles. The number of rotatable bonds is 7. The molecule has 0 amide bonds. The molecule has 11 heteroatoms. The van der Waals surface area contributed by atoms with Gasteiger partial charge in [0.05, 0.1) is 29.0 Å². The van der Waals surface area contributed by atoms with Gasteiger partial charge < -0.3 is 13.8 Å². The van der Waals surface area contributed by atoms with Gasteiger partial charge in [0.25, 0.3) is 10.0 Å². The van der Waals surface area contributed by atoms with Gasteiger partial charge in [-0.3, -0.25) is 9.88 Å². The lowest BCUT2D eigenvalue weighted by atomic mass is 9.93. The Morgan fingerprint density at radius 2 is 1.70 bits per heavy atom. The Morgan fingerprint density at radius 1 is 1.12 bits per heavy atom. The number of nitrogens with zero attached hydrogens (tertiary/aromatic N) is 1. The van der Waals surface area contributed by atoms with Crippen molar-refractivity contribution in [3.63, 3.8) is 0 Å². The third kappa shape index (κ3) is 6.51. The van der Waals surface area contributed by atoms with Gasteiger partial charge in [-0.25, -0.2) is 13.2 Å². The minimum absolute atomic E-state index is 0.0418. The molecule has 0 aromatic heterocycles. The molecular weight excluding hydrogens is 467 g/mol. The normalized spacial score (nSPS) is 18.8. The highest BCUT2D eigenvalue weighted by atomic mass is 32.2. The van der Waals surface area contributed by atoms with Crippen LogP contribution in [0.1, 0.15) is 72.6 Å². The maximum Gasteiger partial charge on any atom is 0.361 e. The second kappa shape index (κ2) is 9.96. The van der Waals surface area contributed by atoms with Crippen molar-refractivity contribution in [2.75, 3.05) is 19.8 Å². The van der Waals surface area contributed by atoms with Crippen molar-refractivity contribution in [3.8, 4) is 0 Å². The van der Waals surface area contributed by atoms with Gasteiger partial charge in [-0.1, -0.05) is 6.07 Å². The van der Waals surface area contributed by atoms with Crippen molar-refractivity contribution in [2.45, 2.75) is 71.8 Å². The Bertz CT molecular complexity index is 1060. The third-order valence-electron chi connectivity index (χ3n) is 4.69. The van der Waals surface area contributed by atoms with E-state index in [9.17, 15) is 17.8 Å². The molecule has 0 unspecified atom stereocenters. The first-order valence-electron chi connectivity index (χ1n) is 10.9. The first kappa shape index (κ1) is 27.7. The zero-order valence-electron chi connectivity index (χ0n) is 20.6. The number of sulfonamides is 1. The fraction of sp³-hybridized carbons (Fsp3) is 0.636. The maximum atomic E-state index is 13.3. The molecule has 0 aliphatic carbocycles. The number of hydrogen-bond acceptors (Lipinski definition) is 8. The van der Waals surface area contributed by atoms with Gasteiger partial charge in [-0.2, -0.15) is 4.40 Å². The molecule has 1 aromatic rings. The van der Waals surface area contributed by atoms with Crippen LogP contribution in [-0.4, -0.2) is 50.2 Å². The van der Waals surface area contributed by atoms with Crippen LogP contribution in [0.25, 0.3) is 0 Å². The maximum absolute atomic E-state index is 13.3. The van der Waals surface area contributed by atoms with Crippen molar-refractivity contribution in [1.82, 2.24) is 5.32 Å². The topological polar surface area (TPSA) is 120 Å². The molecule has 0 saturated heterocycles. The summed E-state index contributed by atoms with van der Waals surface area (Å²) in [6, 6.07) is 3.79. The van der Waals surface area contributed by atoms with E-state index in [1.807, 2.05) is 0 Å². The van der Waals surface area contributed by atoms with Crippen LogP contribution in [0.3, 0.4) is 0 Å². The summed E-state index contributed by atoms with van der Waals surface area (Å²) in [4.78, 5) is 13.0. The van der Waals surface area contributed by atoms with Crippen LogP contribution in [0.4, 0.5) is 0 Å². The van der Waals surface area contributed by atoms with Crippen LogP contribution < -0.4 is 10.6 Å². The fourth-order valence-electron chi connectivity index (χ4n) is 3.09. The van der Waals surface area contributed by atoms with Gasteiger partial charge in [0.1, 0.15) is 11.6 Å². The highest BCUT2D eigenvalue weighted by Crippen LogP contribution is 2.47. The van der Waals surface area contributed by atoms with E-state index in [1.165, 1.54) is 0 Å². The molecule has 186 valence electrons. The lowest BCUT2D eigenvalue weighted by Crippen LogP contribution is -2.43. The van der Waals surface area contributed by atoms with Gasteiger partial charge in [0, 0.05) is 12.1 Å². The number of hydrogen-bond donors (Lipinski definition) is 1. The van der Waals surface area contributed by atoms with E-state index >= 15 is 0 Å². The summed E-state index contributed by atoms with van der Waals surface area (Å²) in [5.41, 5.74) is 0.386. The molecule has 1 aliphatic rings. The third-order valence-corrected chi connectivity index (χ3v) is 8.81. The second-order valence-electron chi connectivity index (χ2n) is 9.58. The second-order valence-corrected chi connectivity index (χ2v) is 14.0. The molecule has 1 aromatic carbocycles. The minimum Gasteiger partial charge on any atom is -0.459 e. The molecule has 33 heavy (non-hydrogen) atoms. The van der Waals surface area contributed by atoms with Crippen LogP contribution >= 0.6 is 7.60 Å². The standard InChI is InChI=1S/C22H35N2O7PS/c1-9-29-32(26,30-10-2)15-11-12-16-17(13-15)19(20(25)31-21(3,4)5)23-14-18(16)24-33(27,28)22(6,7)8/h11-13,19,23H,9-10,14H2,1-8H3/t19-/m1/s1. The summed E-state index contributed by atoms with van der Waals surface area (Å²) in [6.45, 7) is 13.8. The average Bonchev–Trinajstić information content (AvgIpc) is 2.65. The number of fused-ring (bicyclic) bond motifs is 1. The van der Waals surface area contributed by atoms with Crippen LogP contribution in [0.15, 0.2) is 22.6 Å². The zero-order chi connectivity index (χ0) is 25.2. The fourth-order valence-corrected chi connectivity index (χ4v) is 5.42. The Hall–Kier alpha value is -1.58. The lowest BCUT2D eigenvalue weighted by molar-refractivity contribution is -0.157. The number of carbonyl (C=O) groups is 1. The first-order valence-corrected chi connectivity index (χ1v) is 13.9. The molecule has 1 aliphatic heterocycles. The summed E-state index contributed by atoms with van der Waals surface area (Å²) < 4.78 is 58.2. The van der Waals surface area contributed by atoms with Gasteiger partial charge in [0.15, 0.2) is 0 Å². The van der Waals surface area contributed by atoms with Crippen molar-refractivity contribution in [2.24, 2.45) is 4.40 Å². The van der Waals surface area contributed by atoms with Crippen LogP contribution in [0, 0.1) is 0 Å². The van der Waals surface area contributed by atoms with Gasteiger partial charge in [-0.05, 0) is 73.1 Å². The molecule has 2 rings (SSSR count). The predicted octanol–water partition coefficient (Wildman–Crippen LogP) is 3.48. The van der Waals surface area contributed by atoms with Gasteiger partial charge in [0.2, 0.25) is 0 Å². The largest absolute Gasteiger partial charge is 0.459 e. The monoisotopic (exact) mass is 502 g/mol. The van der Waals surface area contributed by atoms with Crippen LogP contribution in [0.5, 0.6) is 0 Å². The number of esters is 1. The van der Waals surface area contributed by atoms with Gasteiger partial charge in [-0.15, -0.1) is 0 Å². The predicted molar refractivity (Wildman–Crippen MR) is 129 cm³/mol. The molecule has 1 atom stereocenters. The summed E-state index contributed by atoms with van der Waals surface area (Å²) in [5, 5.41) is 3.29. The van der Waals surface area contributed by atoms with E-state index in [2.05, 4.69) is 9.71 Å². The smallest absolute Gasteiger partial charge is 0.361 e. The molecule has 0 radical (unpaired) electrons. The molecule has 0 spiro atoms. The molecule has 0 saturated carbocycles. The summed E-state index contributed by atoms with van der Waals surface area (Å²) in [7, 11) is -7.48. The van der Waals surface area contributed by atoms with Crippen LogP contribution in [0.2, 0.25) is 0 Å². The highest BCUT2D eigenvalue weighted by molar-refractivity contribution is 7.91. The number of ether oxygens (including phenoxy) is 1. The summed E-state index contributed by atoms with van der Waals surface area (Å²) >= 11 is 0. The quantitative estimate of drug-likeness (QED) is 0.444. The van der Waals surface area contributed by atoms with Crippen molar-refractivity contribution < 1.29 is 31.6 Å². The highest BCUT2D eigenvalue weighted by Gasteiger charge is 2.37. The Morgan fingerprint density at radius 3 is 2.18 bits per heavy atom. The van der Waals surface area contributed by atoms with E-state index in [4.69, 9.17) is 13.8 Å². The summed E-state index contributed by atoms with van der Waals surface area (Å²) in [5.74, 6) is -0.540. The zero-order valence-corrected chi connectivity index (χ0v) is 22.3. The van der Waals surface area contributed by atoms with Crippen molar-refractivity contribution in [3.05, 3.63) is 29.3 Å².